The quantitative estimate of drug-likeness (QED) is 0.930. The summed E-state index contributed by atoms with van der Waals surface area (Å²) in [5.41, 5.74) is 0.657. The van der Waals surface area contributed by atoms with Crippen LogP contribution in [0.15, 0.2) is 24.3 Å². The van der Waals surface area contributed by atoms with Crippen LogP contribution in [0.2, 0.25) is 0 Å². The Hall–Kier alpha value is -1.55. The molecule has 1 N–H and O–H groups in total. The maximum absolute atomic E-state index is 13.1. The molecule has 0 saturated carbocycles. The van der Waals surface area contributed by atoms with E-state index in [9.17, 15) is 9.90 Å². The Labute approximate surface area is 132 Å². The molecule has 1 unspecified atom stereocenters. The highest BCUT2D eigenvalue weighted by Gasteiger charge is 2.41. The molecular formula is C18H25NO3. The van der Waals surface area contributed by atoms with E-state index in [1.54, 1.807) is 0 Å². The number of para-hydroxylation sites is 1. The fraction of sp³-hybridized carbons (Fsp3) is 0.611. The van der Waals surface area contributed by atoms with E-state index in [2.05, 4.69) is 6.92 Å². The molecule has 3 rings (SSSR count). The molecule has 1 aromatic rings. The van der Waals surface area contributed by atoms with Gasteiger partial charge in [-0.3, -0.25) is 4.79 Å². The highest BCUT2D eigenvalue weighted by molar-refractivity contribution is 5.97. The van der Waals surface area contributed by atoms with E-state index in [0.717, 1.165) is 25.7 Å². The third-order valence-electron chi connectivity index (χ3n) is 4.76. The van der Waals surface area contributed by atoms with E-state index in [4.69, 9.17) is 4.74 Å². The van der Waals surface area contributed by atoms with E-state index in [-0.39, 0.29) is 24.1 Å². The first-order valence-electron chi connectivity index (χ1n) is 8.43. The van der Waals surface area contributed by atoms with Gasteiger partial charge in [0, 0.05) is 12.1 Å². The molecule has 22 heavy (non-hydrogen) atoms. The molecular weight excluding hydrogens is 278 g/mol. The summed E-state index contributed by atoms with van der Waals surface area (Å²) in [5.74, 6) is 0.742. The van der Waals surface area contributed by atoms with Crippen molar-refractivity contribution in [2.45, 2.75) is 63.6 Å². The van der Waals surface area contributed by atoms with Gasteiger partial charge in [0.05, 0.1) is 18.3 Å². The Balaban J connectivity index is 1.84. The Bertz CT molecular complexity index is 517. The van der Waals surface area contributed by atoms with Gasteiger partial charge in [-0.2, -0.15) is 0 Å². The molecule has 2 saturated heterocycles. The van der Waals surface area contributed by atoms with Crippen LogP contribution in [0.1, 0.15) is 55.8 Å². The van der Waals surface area contributed by atoms with Crippen LogP contribution < -0.4 is 4.74 Å². The van der Waals surface area contributed by atoms with E-state index in [1.807, 2.05) is 29.2 Å². The maximum atomic E-state index is 13.1. The first kappa shape index (κ1) is 15.3. The lowest BCUT2D eigenvalue weighted by Gasteiger charge is -2.47. The SMILES string of the molecule is CCCOc1ccccc1C(=O)N1[C@@H]2CCC[C@H]1CC(O)C2. The van der Waals surface area contributed by atoms with Crippen molar-refractivity contribution >= 4 is 5.91 Å². The summed E-state index contributed by atoms with van der Waals surface area (Å²) < 4.78 is 5.74. The van der Waals surface area contributed by atoms with Gasteiger partial charge in [-0.05, 0) is 50.7 Å². The van der Waals surface area contributed by atoms with Crippen LogP contribution in [0.3, 0.4) is 0 Å². The lowest BCUT2D eigenvalue weighted by atomic mass is 9.82. The number of piperidine rings is 2. The predicted molar refractivity (Wildman–Crippen MR) is 85.1 cm³/mol. The van der Waals surface area contributed by atoms with Crippen LogP contribution in [0.25, 0.3) is 0 Å². The van der Waals surface area contributed by atoms with Gasteiger partial charge >= 0.3 is 0 Å². The number of hydrogen-bond donors (Lipinski definition) is 1. The number of ether oxygens (including phenoxy) is 1. The summed E-state index contributed by atoms with van der Waals surface area (Å²) in [4.78, 5) is 15.1. The van der Waals surface area contributed by atoms with Crippen molar-refractivity contribution in [1.29, 1.82) is 0 Å². The number of aliphatic hydroxyl groups is 1. The van der Waals surface area contributed by atoms with E-state index < -0.39 is 0 Å². The summed E-state index contributed by atoms with van der Waals surface area (Å²) >= 11 is 0. The third-order valence-corrected chi connectivity index (χ3v) is 4.76. The van der Waals surface area contributed by atoms with E-state index in [0.29, 0.717) is 30.8 Å². The Kier molecular flexibility index (Phi) is 4.67. The lowest BCUT2D eigenvalue weighted by Crippen LogP contribution is -2.55. The topological polar surface area (TPSA) is 49.8 Å². The Morgan fingerprint density at radius 2 is 1.95 bits per heavy atom. The molecule has 1 aromatic carbocycles. The highest BCUT2D eigenvalue weighted by atomic mass is 16.5. The standard InChI is InChI=1S/C18H25NO3/c1-2-10-22-17-9-4-3-8-16(17)18(21)19-13-6-5-7-14(19)12-15(20)11-13/h3-4,8-9,13-15,20H,2,5-7,10-12H2,1H3/t13-,14+,15?. The number of benzene rings is 1. The average Bonchev–Trinajstić information content (AvgIpc) is 2.51. The molecule has 2 aliphatic heterocycles. The molecule has 0 radical (unpaired) electrons. The highest BCUT2D eigenvalue weighted by Crippen LogP contribution is 2.36. The van der Waals surface area contributed by atoms with Crippen molar-refractivity contribution in [2.75, 3.05) is 6.61 Å². The van der Waals surface area contributed by atoms with Crippen molar-refractivity contribution in [2.24, 2.45) is 0 Å². The molecule has 1 amide bonds. The molecule has 0 spiro atoms. The number of aliphatic hydroxyl groups excluding tert-OH is 1. The van der Waals surface area contributed by atoms with Crippen molar-refractivity contribution < 1.29 is 14.6 Å². The number of carbonyl (C=O) groups is 1. The molecule has 3 atom stereocenters. The average molecular weight is 303 g/mol. The fourth-order valence-electron chi connectivity index (χ4n) is 3.80. The molecule has 2 heterocycles. The zero-order chi connectivity index (χ0) is 15.5. The van der Waals surface area contributed by atoms with Gasteiger partial charge in [-0.1, -0.05) is 19.1 Å². The number of hydrogen-bond acceptors (Lipinski definition) is 3. The summed E-state index contributed by atoms with van der Waals surface area (Å²) in [6.07, 6.45) is 5.23. The lowest BCUT2D eigenvalue weighted by molar-refractivity contribution is -0.0152. The molecule has 120 valence electrons. The summed E-state index contributed by atoms with van der Waals surface area (Å²) in [6, 6.07) is 7.87. The van der Waals surface area contributed by atoms with Gasteiger partial charge in [-0.25, -0.2) is 0 Å². The second-order valence-corrected chi connectivity index (χ2v) is 6.42. The summed E-state index contributed by atoms with van der Waals surface area (Å²) in [5, 5.41) is 9.99. The van der Waals surface area contributed by atoms with Crippen LogP contribution in [0.4, 0.5) is 0 Å². The van der Waals surface area contributed by atoms with Gasteiger partial charge in [0.2, 0.25) is 0 Å². The van der Waals surface area contributed by atoms with Crippen LogP contribution >= 0.6 is 0 Å². The molecule has 2 aliphatic rings. The van der Waals surface area contributed by atoms with Crippen LogP contribution in [0, 0.1) is 0 Å². The minimum Gasteiger partial charge on any atom is -0.493 e. The van der Waals surface area contributed by atoms with Gasteiger partial charge < -0.3 is 14.7 Å². The van der Waals surface area contributed by atoms with Crippen LogP contribution in [0.5, 0.6) is 5.75 Å². The second kappa shape index (κ2) is 6.69. The first-order valence-corrected chi connectivity index (χ1v) is 8.43. The van der Waals surface area contributed by atoms with Crippen molar-refractivity contribution in [3.63, 3.8) is 0 Å². The number of amides is 1. The van der Waals surface area contributed by atoms with Gasteiger partial charge in [-0.15, -0.1) is 0 Å². The zero-order valence-electron chi connectivity index (χ0n) is 13.2. The monoisotopic (exact) mass is 303 g/mol. The van der Waals surface area contributed by atoms with Crippen LogP contribution in [-0.2, 0) is 0 Å². The third kappa shape index (κ3) is 2.98. The largest absolute Gasteiger partial charge is 0.493 e. The minimum atomic E-state index is -0.258. The minimum absolute atomic E-state index is 0.0632. The van der Waals surface area contributed by atoms with Gasteiger partial charge in [0.25, 0.3) is 5.91 Å². The fourth-order valence-corrected chi connectivity index (χ4v) is 3.80. The number of rotatable bonds is 4. The summed E-state index contributed by atoms with van der Waals surface area (Å²) in [7, 11) is 0. The molecule has 4 heteroatoms. The van der Waals surface area contributed by atoms with E-state index in [1.165, 1.54) is 0 Å². The summed E-state index contributed by atoms with van der Waals surface area (Å²) in [6.45, 7) is 2.68. The van der Waals surface area contributed by atoms with E-state index >= 15 is 0 Å². The molecule has 4 nitrogen and oxygen atoms in total. The molecule has 2 bridgehead atoms. The number of nitrogens with zero attached hydrogens (tertiary/aromatic N) is 1. The maximum Gasteiger partial charge on any atom is 0.258 e. The normalized spacial score (nSPS) is 27.5. The Morgan fingerprint density at radius 1 is 1.27 bits per heavy atom. The zero-order valence-corrected chi connectivity index (χ0v) is 13.2. The molecule has 2 fully saturated rings. The second-order valence-electron chi connectivity index (χ2n) is 6.42. The number of carbonyl (C=O) groups excluding carboxylic acids is 1. The van der Waals surface area contributed by atoms with Gasteiger partial charge in [0.1, 0.15) is 5.75 Å². The molecule has 0 aromatic heterocycles. The number of fused-ring (bicyclic) bond motifs is 2. The first-order chi connectivity index (χ1) is 10.7. The molecule has 0 aliphatic carbocycles. The van der Waals surface area contributed by atoms with Crippen LogP contribution in [-0.4, -0.2) is 40.7 Å². The van der Waals surface area contributed by atoms with Crippen molar-refractivity contribution in [1.82, 2.24) is 4.90 Å². The van der Waals surface area contributed by atoms with Gasteiger partial charge in [0.15, 0.2) is 0 Å². The predicted octanol–water partition coefficient (Wildman–Crippen LogP) is 2.99. The smallest absolute Gasteiger partial charge is 0.258 e. The Morgan fingerprint density at radius 3 is 2.64 bits per heavy atom. The van der Waals surface area contributed by atoms with Crippen molar-refractivity contribution in [3.8, 4) is 5.75 Å². The van der Waals surface area contributed by atoms with Crippen molar-refractivity contribution in [3.05, 3.63) is 29.8 Å².